The highest BCUT2D eigenvalue weighted by Crippen LogP contribution is 2.30. The molecule has 7 heteroatoms. The number of nitrogens with two attached hydrogens (primary N) is 1. The lowest BCUT2D eigenvalue weighted by Gasteiger charge is -2.17. The van der Waals surface area contributed by atoms with E-state index in [1.807, 2.05) is 24.3 Å². The van der Waals surface area contributed by atoms with Gasteiger partial charge in [-0.1, -0.05) is 25.6 Å². The Kier molecular flexibility index (Phi) is 4.96. The van der Waals surface area contributed by atoms with Crippen LogP contribution >= 0.6 is 0 Å². The van der Waals surface area contributed by atoms with Crippen molar-refractivity contribution in [1.29, 1.82) is 5.41 Å². The van der Waals surface area contributed by atoms with Gasteiger partial charge in [0.25, 0.3) is 0 Å². The van der Waals surface area contributed by atoms with Gasteiger partial charge in [0.15, 0.2) is 0 Å². The number of fused-ring (bicyclic) bond motifs is 1. The molecule has 1 fully saturated rings. The second kappa shape index (κ2) is 7.58. The molecule has 3 aromatic rings. The first-order valence-corrected chi connectivity index (χ1v) is 9.78. The summed E-state index contributed by atoms with van der Waals surface area (Å²) in [7, 11) is 1.60. The van der Waals surface area contributed by atoms with Gasteiger partial charge in [-0.05, 0) is 37.3 Å². The quantitative estimate of drug-likeness (QED) is 0.373. The highest BCUT2D eigenvalue weighted by atomic mass is 16.5. The largest absolute Gasteiger partial charge is 0.497 e. The van der Waals surface area contributed by atoms with Gasteiger partial charge in [-0.25, -0.2) is 9.97 Å². The van der Waals surface area contributed by atoms with Crippen LogP contribution in [-0.2, 0) is 4.74 Å². The van der Waals surface area contributed by atoms with Crippen LogP contribution in [0.2, 0.25) is 0 Å². The molecule has 0 amide bonds. The number of hydrogen-bond donors (Lipinski definition) is 4. The molecule has 0 radical (unpaired) electrons. The molecule has 1 aliphatic rings. The lowest BCUT2D eigenvalue weighted by atomic mass is 10.1. The van der Waals surface area contributed by atoms with Crippen molar-refractivity contribution in [3.63, 3.8) is 0 Å². The molecule has 4 rings (SSSR count). The lowest BCUT2D eigenvalue weighted by molar-refractivity contribution is 0.371. The minimum Gasteiger partial charge on any atom is -0.497 e. The van der Waals surface area contributed by atoms with E-state index in [4.69, 9.17) is 15.9 Å². The molecule has 2 aromatic heterocycles. The first-order valence-electron chi connectivity index (χ1n) is 9.78. The number of hydrogen-bond acceptors (Lipinski definition) is 6. The van der Waals surface area contributed by atoms with Crippen LogP contribution in [-0.4, -0.2) is 33.8 Å². The zero-order valence-corrected chi connectivity index (χ0v) is 16.7. The number of nitrogen functional groups attached to an aromatic ring is 1. The second-order valence-electron chi connectivity index (χ2n) is 7.73. The van der Waals surface area contributed by atoms with Crippen LogP contribution in [0.15, 0.2) is 37.2 Å². The fourth-order valence-electron chi connectivity index (χ4n) is 3.97. The summed E-state index contributed by atoms with van der Waals surface area (Å²) in [6.45, 7) is 6.16. The molecule has 2 atom stereocenters. The Bertz CT molecular complexity index is 1090. The maximum absolute atomic E-state index is 8.80. The number of nitrogens with one attached hydrogen (secondary N) is 3. The van der Waals surface area contributed by atoms with Gasteiger partial charge in [-0.2, -0.15) is 0 Å². The molecular formula is C22H26N6O. The molecule has 5 N–H and O–H groups in total. The number of nitrogens with zero attached hydrogens (tertiary/aromatic N) is 2. The molecule has 150 valence electrons. The number of ether oxygens (including phenoxy) is 1. The topological polar surface area (TPSA) is 113 Å². The van der Waals surface area contributed by atoms with E-state index in [1.165, 1.54) is 12.7 Å². The van der Waals surface area contributed by atoms with Gasteiger partial charge < -0.3 is 20.8 Å². The average molecular weight is 390 g/mol. The average Bonchev–Trinajstić information content (AvgIpc) is 3.32. The van der Waals surface area contributed by atoms with E-state index in [-0.39, 0.29) is 5.71 Å². The smallest absolute Gasteiger partial charge is 0.141 e. The third-order valence-electron chi connectivity index (χ3n) is 5.62. The Morgan fingerprint density at radius 3 is 2.86 bits per heavy atom. The van der Waals surface area contributed by atoms with Gasteiger partial charge in [0.1, 0.15) is 23.7 Å². The van der Waals surface area contributed by atoms with Crippen LogP contribution in [0.4, 0.5) is 11.6 Å². The van der Waals surface area contributed by atoms with E-state index in [9.17, 15) is 0 Å². The molecule has 2 unspecified atom stereocenters. The Balaban J connectivity index is 1.68. The first kappa shape index (κ1) is 19.0. The van der Waals surface area contributed by atoms with Gasteiger partial charge in [0, 0.05) is 22.5 Å². The minimum atomic E-state index is 0.264. The van der Waals surface area contributed by atoms with E-state index in [1.54, 1.807) is 7.11 Å². The number of methoxy groups -OCH3 is 1. The summed E-state index contributed by atoms with van der Waals surface area (Å²) in [4.78, 5) is 11.8. The molecule has 0 saturated heterocycles. The fraction of sp³-hybridized carbons (Fsp3) is 0.318. The molecular weight excluding hydrogens is 364 g/mol. The van der Waals surface area contributed by atoms with Crippen LogP contribution in [0, 0.1) is 11.3 Å². The number of aromatic nitrogens is 3. The molecule has 0 aliphatic heterocycles. The number of aromatic amines is 1. The highest BCUT2D eigenvalue weighted by Gasteiger charge is 2.24. The van der Waals surface area contributed by atoms with Crippen LogP contribution in [0.25, 0.3) is 16.7 Å². The molecule has 2 heterocycles. The van der Waals surface area contributed by atoms with E-state index in [2.05, 4.69) is 33.8 Å². The number of rotatable bonds is 6. The summed E-state index contributed by atoms with van der Waals surface area (Å²) in [5.74, 6) is 2.20. The van der Waals surface area contributed by atoms with Crippen LogP contribution in [0.1, 0.15) is 43.0 Å². The van der Waals surface area contributed by atoms with E-state index in [0.29, 0.717) is 40.6 Å². The summed E-state index contributed by atoms with van der Waals surface area (Å²) in [5, 5.41) is 13.3. The van der Waals surface area contributed by atoms with Crippen LogP contribution < -0.4 is 11.1 Å². The fourth-order valence-corrected chi connectivity index (χ4v) is 3.97. The summed E-state index contributed by atoms with van der Waals surface area (Å²) in [5.41, 5.74) is 9.40. The third-order valence-corrected chi connectivity index (χ3v) is 5.62. The van der Waals surface area contributed by atoms with E-state index >= 15 is 0 Å². The van der Waals surface area contributed by atoms with Crippen molar-refractivity contribution in [2.24, 2.45) is 5.92 Å². The minimum absolute atomic E-state index is 0.264. The summed E-state index contributed by atoms with van der Waals surface area (Å²) >= 11 is 0. The first-order chi connectivity index (χ1) is 14.0. The predicted octanol–water partition coefficient (Wildman–Crippen LogP) is 4.17. The standard InChI is InChI=1S/C22H26N6O/c1-12-4-7-16(8-12)27-22-19(21(24)25-11-26-22)20(23)18-10-15-6-5-14(13(2)29-3)9-17(15)28-18/h5-6,9-12,16,23,28H,2,4,7-8H2,1,3H3,(H3,24,25,26,27). The lowest BCUT2D eigenvalue weighted by Crippen LogP contribution is -2.20. The van der Waals surface area contributed by atoms with Crippen LogP contribution in [0.5, 0.6) is 0 Å². The molecule has 0 bridgehead atoms. The van der Waals surface area contributed by atoms with E-state index in [0.717, 1.165) is 29.3 Å². The summed E-state index contributed by atoms with van der Waals surface area (Å²) in [6, 6.07) is 8.17. The second-order valence-corrected chi connectivity index (χ2v) is 7.73. The molecule has 29 heavy (non-hydrogen) atoms. The number of benzene rings is 1. The van der Waals surface area contributed by atoms with Crippen molar-refractivity contribution in [3.05, 3.63) is 54.0 Å². The molecule has 0 spiro atoms. The normalized spacial score (nSPS) is 18.7. The molecule has 1 aliphatic carbocycles. The van der Waals surface area contributed by atoms with Gasteiger partial charge >= 0.3 is 0 Å². The SMILES string of the molecule is C=C(OC)c1ccc2cc(C(=N)c3c(N)ncnc3NC3CCC(C)C3)[nH]c2c1. The van der Waals surface area contributed by atoms with Crippen molar-refractivity contribution in [2.45, 2.75) is 32.2 Å². The zero-order valence-electron chi connectivity index (χ0n) is 16.7. The number of anilines is 2. The van der Waals surface area contributed by atoms with Gasteiger partial charge in [-0.15, -0.1) is 0 Å². The maximum Gasteiger partial charge on any atom is 0.141 e. The van der Waals surface area contributed by atoms with Gasteiger partial charge in [-0.3, -0.25) is 5.41 Å². The van der Waals surface area contributed by atoms with Gasteiger partial charge in [0.05, 0.1) is 24.1 Å². The van der Waals surface area contributed by atoms with Crippen molar-refractivity contribution < 1.29 is 4.74 Å². The Morgan fingerprint density at radius 1 is 1.31 bits per heavy atom. The van der Waals surface area contributed by atoms with Crippen molar-refractivity contribution in [2.75, 3.05) is 18.2 Å². The molecule has 1 saturated carbocycles. The Labute approximate surface area is 169 Å². The predicted molar refractivity (Wildman–Crippen MR) is 117 cm³/mol. The molecule has 7 nitrogen and oxygen atoms in total. The Morgan fingerprint density at radius 2 is 2.14 bits per heavy atom. The van der Waals surface area contributed by atoms with Crippen molar-refractivity contribution in [1.82, 2.24) is 15.0 Å². The monoisotopic (exact) mass is 390 g/mol. The third kappa shape index (κ3) is 3.68. The zero-order chi connectivity index (χ0) is 20.5. The summed E-state index contributed by atoms with van der Waals surface area (Å²) < 4.78 is 5.22. The van der Waals surface area contributed by atoms with E-state index < -0.39 is 0 Å². The Hall–Kier alpha value is -3.35. The van der Waals surface area contributed by atoms with Crippen LogP contribution in [0.3, 0.4) is 0 Å². The van der Waals surface area contributed by atoms with Crippen molar-refractivity contribution >= 4 is 34.0 Å². The molecule has 1 aromatic carbocycles. The van der Waals surface area contributed by atoms with Crippen molar-refractivity contribution in [3.8, 4) is 0 Å². The summed E-state index contributed by atoms with van der Waals surface area (Å²) in [6.07, 6.45) is 4.83. The van der Waals surface area contributed by atoms with Gasteiger partial charge in [0.2, 0.25) is 0 Å². The maximum atomic E-state index is 8.80. The number of H-pyrrole nitrogens is 1. The highest BCUT2D eigenvalue weighted by molar-refractivity contribution is 6.16.